The summed E-state index contributed by atoms with van der Waals surface area (Å²) in [4.78, 5) is 26.6. The molecule has 0 fully saturated rings. The fraction of sp³-hybridized carbons (Fsp3) is 0.689. The zero-order chi connectivity index (χ0) is 36.8. The predicted octanol–water partition coefficient (Wildman–Crippen LogP) is 13.4. The number of phenols is 1. The van der Waals surface area contributed by atoms with Crippen LogP contribution in [-0.4, -0.2) is 36.5 Å². The number of Topliss-reactive ketones (excluding diaryl/α,β-unsaturated/α-hetero) is 2. The van der Waals surface area contributed by atoms with Gasteiger partial charge in [-0.2, -0.15) is 0 Å². The number of aromatic hydroxyl groups is 1. The van der Waals surface area contributed by atoms with E-state index in [0.717, 1.165) is 38.5 Å². The number of hydrogen-bond acceptors (Lipinski definition) is 6. The summed E-state index contributed by atoms with van der Waals surface area (Å²) in [7, 11) is 0. The standard InChI is InChI=1S/C45H72O6/c1-4-7-10-13-16-19-22-27-32-49-43-35-38(41(47)37-42(48)39-30-25-26-31-40(39)46)36-44(50-33-28-23-20-17-14-11-8-5-2)45(43)51-34-29-24-21-18-15-12-9-6-3/h25-26,30-31,35-36,46H,4-24,27-29,32-34,37H2,1-3H3. The van der Waals surface area contributed by atoms with Crippen LogP contribution in [0.5, 0.6) is 23.0 Å². The van der Waals surface area contributed by atoms with Gasteiger partial charge in [-0.25, -0.2) is 0 Å². The van der Waals surface area contributed by atoms with E-state index in [1.54, 1.807) is 30.3 Å². The summed E-state index contributed by atoms with van der Waals surface area (Å²) in [5.74, 6) is 0.681. The molecule has 6 heteroatoms. The van der Waals surface area contributed by atoms with Crippen molar-refractivity contribution in [3.05, 3.63) is 47.5 Å². The summed E-state index contributed by atoms with van der Waals surface area (Å²) in [6.45, 7) is 8.33. The molecule has 0 radical (unpaired) electrons. The van der Waals surface area contributed by atoms with Crippen molar-refractivity contribution in [3.8, 4) is 23.0 Å². The lowest BCUT2D eigenvalue weighted by Gasteiger charge is -2.19. The highest BCUT2D eigenvalue weighted by Gasteiger charge is 2.22. The summed E-state index contributed by atoms with van der Waals surface area (Å²) in [6, 6.07) is 9.79. The van der Waals surface area contributed by atoms with Crippen LogP contribution in [0.3, 0.4) is 0 Å². The fourth-order valence-electron chi connectivity index (χ4n) is 6.39. The Labute approximate surface area is 311 Å². The predicted molar refractivity (Wildman–Crippen MR) is 212 cm³/mol. The van der Waals surface area contributed by atoms with Gasteiger partial charge in [0.2, 0.25) is 5.75 Å². The maximum absolute atomic E-state index is 13.6. The number of ether oxygens (including phenoxy) is 3. The molecule has 0 unspecified atom stereocenters. The Morgan fingerprint density at radius 3 is 1.27 bits per heavy atom. The maximum Gasteiger partial charge on any atom is 0.203 e. The Morgan fingerprint density at radius 1 is 0.490 bits per heavy atom. The van der Waals surface area contributed by atoms with E-state index in [4.69, 9.17) is 14.2 Å². The Kier molecular flexibility index (Phi) is 25.6. The molecule has 6 nitrogen and oxygen atoms in total. The van der Waals surface area contributed by atoms with Gasteiger partial charge >= 0.3 is 0 Å². The van der Waals surface area contributed by atoms with E-state index in [1.165, 1.54) is 122 Å². The van der Waals surface area contributed by atoms with Gasteiger partial charge in [-0.15, -0.1) is 0 Å². The molecule has 0 amide bonds. The number of para-hydroxylation sites is 1. The van der Waals surface area contributed by atoms with Gasteiger partial charge in [0, 0.05) is 5.56 Å². The van der Waals surface area contributed by atoms with E-state index >= 15 is 0 Å². The highest BCUT2D eigenvalue weighted by atomic mass is 16.5. The van der Waals surface area contributed by atoms with Gasteiger partial charge in [-0.05, 0) is 43.5 Å². The van der Waals surface area contributed by atoms with Gasteiger partial charge in [0.05, 0.1) is 31.8 Å². The summed E-state index contributed by atoms with van der Waals surface area (Å²) in [5, 5.41) is 10.2. The van der Waals surface area contributed by atoms with Gasteiger partial charge in [0.1, 0.15) is 5.75 Å². The molecule has 2 aromatic carbocycles. The Bertz CT molecular complexity index is 1150. The summed E-state index contributed by atoms with van der Waals surface area (Å²) in [6.07, 6.45) is 28.6. The zero-order valence-corrected chi connectivity index (χ0v) is 32.8. The minimum Gasteiger partial charge on any atom is -0.507 e. The van der Waals surface area contributed by atoms with E-state index in [2.05, 4.69) is 20.8 Å². The van der Waals surface area contributed by atoms with Crippen LogP contribution < -0.4 is 14.2 Å². The van der Waals surface area contributed by atoms with E-state index in [0.29, 0.717) is 42.6 Å². The Hall–Kier alpha value is -3.02. The number of ketones is 2. The normalized spacial score (nSPS) is 11.1. The fourth-order valence-corrected chi connectivity index (χ4v) is 6.39. The van der Waals surface area contributed by atoms with Crippen LogP contribution in [0.2, 0.25) is 0 Å². The Balaban J connectivity index is 2.16. The molecule has 0 aliphatic heterocycles. The topological polar surface area (TPSA) is 82.1 Å². The minimum absolute atomic E-state index is 0.122. The number of rotatable bonds is 34. The monoisotopic (exact) mass is 709 g/mol. The van der Waals surface area contributed by atoms with Crippen LogP contribution in [0, 0.1) is 0 Å². The van der Waals surface area contributed by atoms with Crippen LogP contribution in [0.1, 0.15) is 202 Å². The van der Waals surface area contributed by atoms with Crippen molar-refractivity contribution in [2.75, 3.05) is 19.8 Å². The SMILES string of the molecule is CCCCCCCCCCOc1cc(C(=O)CC(=O)c2ccccc2O)cc(OCCCCCCCCCC)c1OCCCCCCCCCC. The molecule has 0 spiro atoms. The van der Waals surface area contributed by atoms with Gasteiger partial charge < -0.3 is 19.3 Å². The molecule has 288 valence electrons. The molecule has 0 atom stereocenters. The molecular formula is C45H72O6. The van der Waals surface area contributed by atoms with Gasteiger partial charge in [0.25, 0.3) is 0 Å². The molecule has 0 aliphatic carbocycles. The van der Waals surface area contributed by atoms with Crippen molar-refractivity contribution in [3.63, 3.8) is 0 Å². The van der Waals surface area contributed by atoms with E-state index in [1.807, 2.05) is 0 Å². The Morgan fingerprint density at radius 2 is 0.863 bits per heavy atom. The molecule has 0 aromatic heterocycles. The molecule has 0 aliphatic rings. The first-order chi connectivity index (χ1) is 25.0. The largest absolute Gasteiger partial charge is 0.507 e. The lowest BCUT2D eigenvalue weighted by molar-refractivity contribution is 0.0892. The molecule has 0 heterocycles. The van der Waals surface area contributed by atoms with Crippen molar-refractivity contribution in [1.29, 1.82) is 0 Å². The number of carbonyl (C=O) groups is 2. The van der Waals surface area contributed by atoms with Gasteiger partial charge in [-0.1, -0.05) is 168 Å². The average molecular weight is 709 g/mol. The molecular weight excluding hydrogens is 636 g/mol. The molecule has 2 aromatic rings. The quantitative estimate of drug-likeness (QED) is 0.0443. The van der Waals surface area contributed by atoms with E-state index in [9.17, 15) is 14.7 Å². The number of unbranched alkanes of at least 4 members (excludes halogenated alkanes) is 21. The average Bonchev–Trinajstić information content (AvgIpc) is 3.13. The number of carbonyl (C=O) groups excluding carboxylic acids is 2. The molecule has 51 heavy (non-hydrogen) atoms. The van der Waals surface area contributed by atoms with Crippen molar-refractivity contribution in [1.82, 2.24) is 0 Å². The molecule has 0 saturated heterocycles. The third-order valence-electron chi connectivity index (χ3n) is 9.62. The molecule has 0 bridgehead atoms. The van der Waals surface area contributed by atoms with Gasteiger partial charge in [-0.3, -0.25) is 9.59 Å². The second-order valence-corrected chi connectivity index (χ2v) is 14.3. The number of phenolic OH excluding ortho intramolecular Hbond substituents is 1. The zero-order valence-electron chi connectivity index (χ0n) is 32.8. The van der Waals surface area contributed by atoms with Crippen molar-refractivity contribution >= 4 is 11.6 Å². The van der Waals surface area contributed by atoms with Crippen LogP contribution in [0.15, 0.2) is 36.4 Å². The summed E-state index contributed by atoms with van der Waals surface area (Å²) >= 11 is 0. The highest BCUT2D eigenvalue weighted by Crippen LogP contribution is 2.40. The first-order valence-corrected chi connectivity index (χ1v) is 20.9. The van der Waals surface area contributed by atoms with Crippen LogP contribution in [-0.2, 0) is 0 Å². The minimum atomic E-state index is -0.420. The van der Waals surface area contributed by atoms with Gasteiger partial charge in [0.15, 0.2) is 23.1 Å². The molecule has 2 rings (SSSR count). The number of hydrogen-bond donors (Lipinski definition) is 1. The van der Waals surface area contributed by atoms with Crippen LogP contribution in [0.25, 0.3) is 0 Å². The maximum atomic E-state index is 13.6. The van der Waals surface area contributed by atoms with Crippen molar-refractivity contribution in [2.24, 2.45) is 0 Å². The molecule has 0 saturated carbocycles. The van der Waals surface area contributed by atoms with Crippen molar-refractivity contribution in [2.45, 2.75) is 181 Å². The van der Waals surface area contributed by atoms with E-state index < -0.39 is 5.78 Å². The second-order valence-electron chi connectivity index (χ2n) is 14.3. The van der Waals surface area contributed by atoms with Crippen LogP contribution >= 0.6 is 0 Å². The second kappa shape index (κ2) is 29.5. The first-order valence-electron chi connectivity index (χ1n) is 20.9. The highest BCUT2D eigenvalue weighted by molar-refractivity contribution is 6.14. The van der Waals surface area contributed by atoms with E-state index in [-0.39, 0.29) is 23.5 Å². The lowest BCUT2D eigenvalue weighted by Crippen LogP contribution is -2.11. The van der Waals surface area contributed by atoms with Crippen molar-refractivity contribution < 1.29 is 28.9 Å². The summed E-state index contributed by atoms with van der Waals surface area (Å²) < 4.78 is 19.1. The first kappa shape index (κ1) is 44.1. The summed E-state index contributed by atoms with van der Waals surface area (Å²) in [5.41, 5.74) is 0.503. The molecule has 1 N–H and O–H groups in total. The third kappa shape index (κ3) is 20.0. The smallest absolute Gasteiger partial charge is 0.203 e. The lowest BCUT2D eigenvalue weighted by atomic mass is 10.00. The van der Waals surface area contributed by atoms with Crippen LogP contribution in [0.4, 0.5) is 0 Å². The number of benzene rings is 2. The third-order valence-corrected chi connectivity index (χ3v) is 9.62.